The third-order valence-corrected chi connectivity index (χ3v) is 6.65. The molecular weight excluding hydrogens is 404 g/mol. The molecule has 158 valence electrons. The molecular formula is C17H29ClN6O3S. The van der Waals surface area contributed by atoms with Crippen LogP contribution in [0.25, 0.3) is 0 Å². The van der Waals surface area contributed by atoms with Gasteiger partial charge < -0.3 is 27.4 Å². The van der Waals surface area contributed by atoms with Gasteiger partial charge in [0.2, 0.25) is 5.91 Å². The second kappa shape index (κ2) is 11.4. The maximum atomic E-state index is 12.2. The average Bonchev–Trinajstić information content (AvgIpc) is 3.19. The molecule has 0 unspecified atom stereocenters. The summed E-state index contributed by atoms with van der Waals surface area (Å²) >= 11 is 7.50. The molecule has 0 spiro atoms. The Labute approximate surface area is 174 Å². The van der Waals surface area contributed by atoms with E-state index in [9.17, 15) is 14.4 Å². The quantitative estimate of drug-likeness (QED) is 0.0966. The van der Waals surface area contributed by atoms with Crippen molar-refractivity contribution in [3.8, 4) is 0 Å². The summed E-state index contributed by atoms with van der Waals surface area (Å²) in [6.07, 6.45) is 3.95. The van der Waals surface area contributed by atoms with E-state index in [1.54, 1.807) is 0 Å². The summed E-state index contributed by atoms with van der Waals surface area (Å²) in [6.45, 7) is 0.400. The number of rotatable bonds is 12. The minimum absolute atomic E-state index is 0.00366. The Balaban J connectivity index is 1.65. The van der Waals surface area contributed by atoms with Gasteiger partial charge in [0.25, 0.3) is 0 Å². The lowest BCUT2D eigenvalue weighted by atomic mass is 10.0. The number of thioether (sulfide) groups is 1. The predicted molar refractivity (Wildman–Crippen MR) is 112 cm³/mol. The summed E-state index contributed by atoms with van der Waals surface area (Å²) in [5.41, 5.74) is 10.5. The molecule has 0 aromatic carbocycles. The lowest BCUT2D eigenvalue weighted by Gasteiger charge is -2.17. The number of carbonyl (C=O) groups is 3. The fourth-order valence-corrected chi connectivity index (χ4v) is 5.18. The number of carbonyl (C=O) groups excluding carboxylic acids is 3. The largest absolute Gasteiger partial charge is 0.370 e. The molecule has 2 fully saturated rings. The van der Waals surface area contributed by atoms with E-state index >= 15 is 0 Å². The van der Waals surface area contributed by atoms with E-state index in [0.29, 0.717) is 31.1 Å². The number of fused-ring (bicyclic) bond motifs is 1. The standard InChI is InChI=1S/C17H29ClN6O3S/c18-8-12(25)10(4-3-7-21-16(19)20)22-14(26)6-2-1-5-13-15-11(9-28-13)23-17(27)24-15/h10-11,13,15H,1-9H2,(H,22,26)(H4,19,20,21)(H2,23,24,27)/t10-,11-,13-,15-/m0/s1. The molecule has 0 aromatic heterocycles. The number of aliphatic imine (C=N–C) groups is 1. The van der Waals surface area contributed by atoms with E-state index in [1.165, 1.54) is 0 Å². The monoisotopic (exact) mass is 432 g/mol. The molecule has 3 amide bonds. The van der Waals surface area contributed by atoms with Crippen LogP contribution in [0.1, 0.15) is 38.5 Å². The number of nitrogens with one attached hydrogen (secondary N) is 3. The zero-order valence-electron chi connectivity index (χ0n) is 15.8. The minimum Gasteiger partial charge on any atom is -0.370 e. The number of Topliss-reactive ketones (excluding diaryl/α,β-unsaturated/α-hetero) is 1. The normalized spacial score (nSPS) is 24.0. The van der Waals surface area contributed by atoms with Crippen molar-refractivity contribution in [2.45, 2.75) is 61.9 Å². The fourth-order valence-electron chi connectivity index (χ4n) is 3.45. The van der Waals surface area contributed by atoms with Crippen molar-refractivity contribution >= 4 is 47.0 Å². The Morgan fingerprint density at radius 1 is 1.29 bits per heavy atom. The van der Waals surface area contributed by atoms with Gasteiger partial charge in [-0.05, 0) is 25.7 Å². The van der Waals surface area contributed by atoms with Gasteiger partial charge in [0, 0.05) is 24.0 Å². The number of unbranched alkanes of at least 4 members (excludes halogenated alkanes) is 1. The number of hydrogen-bond acceptors (Lipinski definition) is 5. The molecule has 2 aliphatic rings. The third-order valence-electron chi connectivity index (χ3n) is 4.88. The molecule has 0 aliphatic carbocycles. The lowest BCUT2D eigenvalue weighted by molar-refractivity contribution is -0.127. The average molecular weight is 433 g/mol. The van der Waals surface area contributed by atoms with Gasteiger partial charge in [0.05, 0.1) is 24.0 Å². The number of guanidine groups is 1. The number of urea groups is 1. The van der Waals surface area contributed by atoms with Crippen molar-refractivity contribution < 1.29 is 14.4 Å². The Kier molecular flexibility index (Phi) is 9.17. The lowest BCUT2D eigenvalue weighted by Crippen LogP contribution is -2.41. The highest BCUT2D eigenvalue weighted by atomic mass is 35.5. The highest BCUT2D eigenvalue weighted by Crippen LogP contribution is 2.33. The Hall–Kier alpha value is -1.68. The first-order valence-electron chi connectivity index (χ1n) is 9.52. The summed E-state index contributed by atoms with van der Waals surface area (Å²) in [7, 11) is 0. The van der Waals surface area contributed by atoms with Gasteiger partial charge in [-0.3, -0.25) is 14.6 Å². The summed E-state index contributed by atoms with van der Waals surface area (Å²) in [5, 5.41) is 9.04. The SMILES string of the molecule is NC(N)=NCCC[C@H](NC(=O)CCCC[C@@H]1SC[C@@H]2NC(=O)N[C@@H]21)C(=O)CCl. The number of amides is 3. The first-order valence-corrected chi connectivity index (χ1v) is 11.1. The van der Waals surface area contributed by atoms with Crippen LogP contribution >= 0.6 is 23.4 Å². The van der Waals surface area contributed by atoms with Crippen molar-refractivity contribution in [2.75, 3.05) is 18.2 Å². The van der Waals surface area contributed by atoms with Crippen LogP contribution in [0.3, 0.4) is 0 Å². The Bertz CT molecular complexity index is 601. The maximum Gasteiger partial charge on any atom is 0.315 e. The number of halogens is 1. The molecule has 9 nitrogen and oxygen atoms in total. The van der Waals surface area contributed by atoms with Crippen LogP contribution in [0.4, 0.5) is 4.79 Å². The predicted octanol–water partition coefficient (Wildman–Crippen LogP) is 0.0585. The first kappa shape index (κ1) is 22.6. The number of hydrogen-bond donors (Lipinski definition) is 5. The topological polar surface area (TPSA) is 152 Å². The van der Waals surface area contributed by atoms with E-state index in [1.807, 2.05) is 11.8 Å². The molecule has 0 saturated carbocycles. The molecule has 0 bridgehead atoms. The number of ketones is 1. The summed E-state index contributed by atoms with van der Waals surface area (Å²) < 4.78 is 0. The molecule has 4 atom stereocenters. The van der Waals surface area contributed by atoms with Crippen molar-refractivity contribution in [1.82, 2.24) is 16.0 Å². The van der Waals surface area contributed by atoms with Gasteiger partial charge in [0.15, 0.2) is 11.7 Å². The van der Waals surface area contributed by atoms with Gasteiger partial charge >= 0.3 is 6.03 Å². The molecule has 2 rings (SSSR count). The summed E-state index contributed by atoms with van der Waals surface area (Å²) in [4.78, 5) is 39.4. The summed E-state index contributed by atoms with van der Waals surface area (Å²) in [5.74, 6) is 0.421. The number of nitrogens with zero attached hydrogens (tertiary/aromatic N) is 1. The van der Waals surface area contributed by atoms with Crippen LogP contribution in [0.15, 0.2) is 4.99 Å². The zero-order chi connectivity index (χ0) is 20.5. The highest BCUT2D eigenvalue weighted by molar-refractivity contribution is 8.00. The minimum atomic E-state index is -0.606. The molecule has 2 saturated heterocycles. The molecule has 0 aromatic rings. The second-order valence-electron chi connectivity index (χ2n) is 7.04. The maximum absolute atomic E-state index is 12.2. The van der Waals surface area contributed by atoms with Gasteiger partial charge in [0.1, 0.15) is 0 Å². The third kappa shape index (κ3) is 7.05. The van der Waals surface area contributed by atoms with E-state index in [0.717, 1.165) is 25.0 Å². The number of alkyl halides is 1. The van der Waals surface area contributed by atoms with Crippen molar-refractivity contribution in [1.29, 1.82) is 0 Å². The van der Waals surface area contributed by atoms with E-state index in [4.69, 9.17) is 23.1 Å². The first-order chi connectivity index (χ1) is 13.4. The second-order valence-corrected chi connectivity index (χ2v) is 8.58. The molecule has 7 N–H and O–H groups in total. The van der Waals surface area contributed by atoms with Crippen LogP contribution in [0, 0.1) is 0 Å². The van der Waals surface area contributed by atoms with Crippen LogP contribution in [-0.2, 0) is 9.59 Å². The number of nitrogens with two attached hydrogens (primary N) is 2. The van der Waals surface area contributed by atoms with Gasteiger partial charge in [-0.1, -0.05) is 6.42 Å². The van der Waals surface area contributed by atoms with Gasteiger partial charge in [-0.2, -0.15) is 11.8 Å². The van der Waals surface area contributed by atoms with Crippen molar-refractivity contribution in [2.24, 2.45) is 16.5 Å². The Morgan fingerprint density at radius 3 is 2.79 bits per heavy atom. The van der Waals surface area contributed by atoms with Crippen LogP contribution in [0.2, 0.25) is 0 Å². The van der Waals surface area contributed by atoms with E-state index in [2.05, 4.69) is 20.9 Å². The fraction of sp³-hybridized carbons (Fsp3) is 0.765. The van der Waals surface area contributed by atoms with Crippen molar-refractivity contribution in [3.05, 3.63) is 0 Å². The van der Waals surface area contributed by atoms with Gasteiger partial charge in [-0.15, -0.1) is 11.6 Å². The molecule has 0 radical (unpaired) electrons. The Morgan fingerprint density at radius 2 is 2.07 bits per heavy atom. The zero-order valence-corrected chi connectivity index (χ0v) is 17.4. The molecule has 28 heavy (non-hydrogen) atoms. The van der Waals surface area contributed by atoms with E-state index in [-0.39, 0.29) is 41.6 Å². The highest BCUT2D eigenvalue weighted by Gasteiger charge is 2.42. The van der Waals surface area contributed by atoms with Gasteiger partial charge in [-0.25, -0.2) is 4.79 Å². The van der Waals surface area contributed by atoms with Crippen LogP contribution in [-0.4, -0.2) is 65.2 Å². The van der Waals surface area contributed by atoms with E-state index < -0.39 is 6.04 Å². The molecule has 11 heteroatoms. The molecule has 2 aliphatic heterocycles. The summed E-state index contributed by atoms with van der Waals surface area (Å²) in [6, 6.07) is -0.297. The smallest absolute Gasteiger partial charge is 0.315 e. The molecule has 2 heterocycles. The van der Waals surface area contributed by atoms with Crippen molar-refractivity contribution in [3.63, 3.8) is 0 Å². The van der Waals surface area contributed by atoms with Crippen LogP contribution in [0.5, 0.6) is 0 Å². The van der Waals surface area contributed by atoms with Crippen LogP contribution < -0.4 is 27.4 Å².